The third-order valence-electron chi connectivity index (χ3n) is 1.99. The van der Waals surface area contributed by atoms with Gasteiger partial charge in [0.1, 0.15) is 0 Å². The van der Waals surface area contributed by atoms with Crippen molar-refractivity contribution in [3.05, 3.63) is 11.9 Å². The van der Waals surface area contributed by atoms with Gasteiger partial charge in [0.2, 0.25) is 0 Å². The number of rotatable bonds is 1. The summed E-state index contributed by atoms with van der Waals surface area (Å²) in [4.78, 5) is 0. The van der Waals surface area contributed by atoms with E-state index < -0.39 is 11.9 Å². The van der Waals surface area contributed by atoms with Crippen molar-refractivity contribution in [1.29, 1.82) is 0 Å². The van der Waals surface area contributed by atoms with Crippen molar-refractivity contribution in [3.8, 4) is 0 Å². The van der Waals surface area contributed by atoms with Crippen LogP contribution in [0, 0.1) is 0 Å². The van der Waals surface area contributed by atoms with E-state index in [4.69, 9.17) is 5.73 Å². The fraction of sp³-hybridized carbons (Fsp3) is 0.571. The third kappa shape index (κ3) is 1.79. The molecule has 7 heteroatoms. The lowest BCUT2D eigenvalue weighted by molar-refractivity contribution is -0.143. The molecule has 1 fully saturated rings. The van der Waals surface area contributed by atoms with Crippen LogP contribution in [0.15, 0.2) is 6.20 Å². The Hall–Kier alpha value is -0.910. The molecule has 0 aliphatic heterocycles. The molecule has 0 atom stereocenters. The number of hydrogen-bond acceptors (Lipinski definition) is 2. The number of hydrogen-bond donors (Lipinski definition) is 1. The van der Waals surface area contributed by atoms with Crippen LogP contribution in [-0.4, -0.2) is 9.78 Å². The number of nitrogen functional groups attached to an aromatic ring is 1. The fourth-order valence-corrected chi connectivity index (χ4v) is 1.27. The highest BCUT2D eigenvalue weighted by molar-refractivity contribution is 5.85. The summed E-state index contributed by atoms with van der Waals surface area (Å²) in [7, 11) is 0. The summed E-state index contributed by atoms with van der Waals surface area (Å²) < 4.78 is 38.2. The highest BCUT2D eigenvalue weighted by Gasteiger charge is 2.41. The Morgan fingerprint density at radius 1 is 1.43 bits per heavy atom. The molecule has 1 heterocycles. The summed E-state index contributed by atoms with van der Waals surface area (Å²) in [5, 5.41) is 3.62. The predicted molar refractivity (Wildman–Crippen MR) is 47.2 cm³/mol. The number of nitrogens with two attached hydrogens (primary N) is 1. The largest absolute Gasteiger partial charge is 0.435 e. The topological polar surface area (TPSA) is 43.8 Å². The second kappa shape index (κ2) is 3.34. The number of aromatic nitrogens is 2. The average Bonchev–Trinajstić information content (AvgIpc) is 2.73. The molecule has 1 saturated carbocycles. The quantitative estimate of drug-likeness (QED) is 0.800. The van der Waals surface area contributed by atoms with Crippen molar-refractivity contribution in [2.45, 2.75) is 25.1 Å². The summed E-state index contributed by atoms with van der Waals surface area (Å²) in [6.45, 7) is 0. The summed E-state index contributed by atoms with van der Waals surface area (Å²) >= 11 is 0. The molecule has 0 bridgehead atoms. The van der Waals surface area contributed by atoms with E-state index in [1.807, 2.05) is 0 Å². The van der Waals surface area contributed by atoms with Crippen LogP contribution in [0.1, 0.15) is 24.6 Å². The van der Waals surface area contributed by atoms with Gasteiger partial charge in [-0.05, 0) is 12.8 Å². The minimum atomic E-state index is -4.40. The average molecular weight is 228 g/mol. The van der Waals surface area contributed by atoms with E-state index in [2.05, 4.69) is 5.10 Å². The molecule has 14 heavy (non-hydrogen) atoms. The molecule has 3 nitrogen and oxygen atoms in total. The van der Waals surface area contributed by atoms with Gasteiger partial charge in [-0.2, -0.15) is 18.3 Å². The smallest absolute Gasteiger partial charge is 0.396 e. The first-order valence-corrected chi connectivity index (χ1v) is 3.90. The van der Waals surface area contributed by atoms with Gasteiger partial charge < -0.3 is 5.73 Å². The van der Waals surface area contributed by atoms with Crippen molar-refractivity contribution in [3.63, 3.8) is 0 Å². The molecule has 0 radical (unpaired) electrons. The van der Waals surface area contributed by atoms with Gasteiger partial charge in [-0.15, -0.1) is 12.4 Å². The van der Waals surface area contributed by atoms with Gasteiger partial charge in [0.05, 0.1) is 17.9 Å². The van der Waals surface area contributed by atoms with Gasteiger partial charge in [0, 0.05) is 0 Å². The fourth-order valence-electron chi connectivity index (χ4n) is 1.27. The lowest BCUT2D eigenvalue weighted by atomic mass is 10.3. The molecule has 0 amide bonds. The van der Waals surface area contributed by atoms with Crippen LogP contribution in [0.3, 0.4) is 0 Å². The Morgan fingerprint density at radius 3 is 2.43 bits per heavy atom. The maximum absolute atomic E-state index is 12.4. The van der Waals surface area contributed by atoms with Gasteiger partial charge >= 0.3 is 6.18 Å². The molecule has 0 spiro atoms. The zero-order chi connectivity index (χ0) is 9.64. The minimum absolute atomic E-state index is 0. The van der Waals surface area contributed by atoms with E-state index in [1.165, 1.54) is 0 Å². The maximum Gasteiger partial charge on any atom is 0.435 e. The third-order valence-corrected chi connectivity index (χ3v) is 1.99. The first-order chi connectivity index (χ1) is 6.00. The van der Waals surface area contributed by atoms with Crippen LogP contribution in [0.2, 0.25) is 0 Å². The highest BCUT2D eigenvalue weighted by atomic mass is 35.5. The van der Waals surface area contributed by atoms with Gasteiger partial charge in [-0.25, -0.2) is 0 Å². The second-order valence-corrected chi connectivity index (χ2v) is 3.12. The molecular weight excluding hydrogens is 219 g/mol. The monoisotopic (exact) mass is 227 g/mol. The molecule has 1 aliphatic carbocycles. The van der Waals surface area contributed by atoms with Crippen LogP contribution in [0.5, 0.6) is 0 Å². The SMILES string of the molecule is Cl.Nc1cnn(C2CC2)c1C(F)(F)F. The summed E-state index contributed by atoms with van der Waals surface area (Å²) in [6, 6.07) is -0.103. The first-order valence-electron chi connectivity index (χ1n) is 3.90. The normalized spacial score (nSPS) is 16.5. The first kappa shape index (κ1) is 11.2. The zero-order valence-electron chi connectivity index (χ0n) is 7.08. The van der Waals surface area contributed by atoms with Gasteiger partial charge in [0.15, 0.2) is 5.69 Å². The van der Waals surface area contributed by atoms with Gasteiger partial charge in [-0.1, -0.05) is 0 Å². The summed E-state index contributed by atoms with van der Waals surface area (Å²) in [5.41, 5.74) is 4.09. The molecule has 80 valence electrons. The number of alkyl halides is 3. The summed E-state index contributed by atoms with van der Waals surface area (Å²) in [5.74, 6) is 0. The molecule has 0 aromatic carbocycles. The number of nitrogens with zero attached hydrogens (tertiary/aromatic N) is 2. The van der Waals surface area contributed by atoms with E-state index in [0.717, 1.165) is 23.7 Å². The van der Waals surface area contributed by atoms with Crippen molar-refractivity contribution in [2.24, 2.45) is 0 Å². The van der Waals surface area contributed by atoms with E-state index in [0.29, 0.717) is 0 Å². The standard InChI is InChI=1S/C7H8F3N3.ClH/c8-7(9,10)6-5(11)3-12-13(6)4-1-2-4;/h3-4H,1-2,11H2;1H. The van der Waals surface area contributed by atoms with E-state index >= 15 is 0 Å². The Balaban J connectivity index is 0.000000980. The van der Waals surface area contributed by atoms with Crippen molar-refractivity contribution in [1.82, 2.24) is 9.78 Å². The molecule has 1 aromatic rings. The lowest BCUT2D eigenvalue weighted by Gasteiger charge is -2.09. The zero-order valence-corrected chi connectivity index (χ0v) is 7.90. The Kier molecular flexibility index (Phi) is 2.67. The predicted octanol–water partition coefficient (Wildman–Crippen LogP) is 2.24. The molecule has 1 aromatic heterocycles. The van der Waals surface area contributed by atoms with Crippen LogP contribution in [0.4, 0.5) is 18.9 Å². The van der Waals surface area contributed by atoms with Crippen molar-refractivity contribution >= 4 is 18.1 Å². The molecule has 2 rings (SSSR count). The van der Waals surface area contributed by atoms with Crippen LogP contribution in [0.25, 0.3) is 0 Å². The van der Waals surface area contributed by atoms with E-state index in [1.54, 1.807) is 0 Å². The number of halogens is 4. The van der Waals surface area contributed by atoms with Crippen molar-refractivity contribution < 1.29 is 13.2 Å². The van der Waals surface area contributed by atoms with Crippen LogP contribution >= 0.6 is 12.4 Å². The molecule has 2 N–H and O–H groups in total. The lowest BCUT2D eigenvalue weighted by Crippen LogP contribution is -2.15. The van der Waals surface area contributed by atoms with Gasteiger partial charge in [-0.3, -0.25) is 4.68 Å². The van der Waals surface area contributed by atoms with Gasteiger partial charge in [0.25, 0.3) is 0 Å². The second-order valence-electron chi connectivity index (χ2n) is 3.12. The Bertz CT molecular complexity index is 329. The molecule has 1 aliphatic rings. The molecule has 0 unspecified atom stereocenters. The molecular formula is C7H9ClF3N3. The van der Waals surface area contributed by atoms with Crippen LogP contribution < -0.4 is 5.73 Å². The van der Waals surface area contributed by atoms with E-state index in [-0.39, 0.29) is 24.1 Å². The minimum Gasteiger partial charge on any atom is -0.396 e. The Labute approximate surface area is 84.5 Å². The number of anilines is 1. The highest BCUT2D eigenvalue weighted by Crippen LogP contribution is 2.41. The van der Waals surface area contributed by atoms with Crippen LogP contribution in [-0.2, 0) is 6.18 Å². The maximum atomic E-state index is 12.4. The Morgan fingerprint density at radius 2 is 2.00 bits per heavy atom. The van der Waals surface area contributed by atoms with Crippen molar-refractivity contribution in [2.75, 3.05) is 5.73 Å². The van der Waals surface area contributed by atoms with E-state index in [9.17, 15) is 13.2 Å². The summed E-state index contributed by atoms with van der Waals surface area (Å²) in [6.07, 6.45) is -1.83. The molecule has 0 saturated heterocycles.